The number of rotatable bonds is 5. The predicted molar refractivity (Wildman–Crippen MR) is 88.4 cm³/mol. The number of nitrogens with one attached hydrogen (secondary N) is 1. The molecule has 2 aromatic heterocycles. The van der Waals surface area contributed by atoms with E-state index in [4.69, 9.17) is 0 Å². The van der Waals surface area contributed by atoms with Crippen molar-refractivity contribution in [1.82, 2.24) is 10.3 Å². The number of pyridine rings is 1. The Morgan fingerprint density at radius 1 is 1.55 bits per heavy atom. The van der Waals surface area contributed by atoms with E-state index < -0.39 is 0 Å². The molecular weight excluding hydrogens is 332 g/mol. The SMILES string of the molecule is CCCNC(c1csc(Br)c1)C1CCc2cccnc21. The summed E-state index contributed by atoms with van der Waals surface area (Å²) in [7, 11) is 0. The van der Waals surface area contributed by atoms with Crippen molar-refractivity contribution in [3.8, 4) is 0 Å². The second kappa shape index (κ2) is 6.37. The third-order valence-corrected chi connectivity index (χ3v) is 5.49. The molecular formula is C16H19BrN2S. The Balaban J connectivity index is 1.90. The first kappa shape index (κ1) is 14.2. The third-order valence-electron chi connectivity index (χ3n) is 3.97. The highest BCUT2D eigenvalue weighted by Gasteiger charge is 2.31. The van der Waals surface area contributed by atoms with Crippen LogP contribution >= 0.6 is 27.3 Å². The number of nitrogens with zero attached hydrogens (tertiary/aromatic N) is 1. The van der Waals surface area contributed by atoms with Crippen LogP contribution in [0.2, 0.25) is 0 Å². The van der Waals surface area contributed by atoms with Gasteiger partial charge in [0.15, 0.2) is 0 Å². The van der Waals surface area contributed by atoms with Crippen LogP contribution in [0.1, 0.15) is 48.5 Å². The van der Waals surface area contributed by atoms with Crippen molar-refractivity contribution in [3.05, 3.63) is 50.4 Å². The van der Waals surface area contributed by atoms with Crippen LogP contribution in [0.5, 0.6) is 0 Å². The van der Waals surface area contributed by atoms with Gasteiger partial charge in [-0.1, -0.05) is 13.0 Å². The second-order valence-corrected chi connectivity index (χ2v) is 7.60. The first-order valence-corrected chi connectivity index (χ1v) is 8.88. The van der Waals surface area contributed by atoms with Gasteiger partial charge in [0.2, 0.25) is 0 Å². The van der Waals surface area contributed by atoms with E-state index in [0.717, 1.165) is 19.4 Å². The molecule has 1 N–H and O–H groups in total. The van der Waals surface area contributed by atoms with Crippen LogP contribution in [-0.2, 0) is 6.42 Å². The molecule has 0 radical (unpaired) electrons. The normalized spacial score (nSPS) is 19.0. The molecule has 0 bridgehead atoms. The summed E-state index contributed by atoms with van der Waals surface area (Å²) in [6, 6.07) is 6.91. The van der Waals surface area contributed by atoms with E-state index in [1.54, 1.807) is 11.3 Å². The molecule has 2 nitrogen and oxygen atoms in total. The van der Waals surface area contributed by atoms with E-state index in [9.17, 15) is 0 Å². The van der Waals surface area contributed by atoms with Crippen LogP contribution in [0.25, 0.3) is 0 Å². The van der Waals surface area contributed by atoms with E-state index in [-0.39, 0.29) is 0 Å². The van der Waals surface area contributed by atoms with Crippen LogP contribution in [0.3, 0.4) is 0 Å². The molecule has 2 atom stereocenters. The maximum absolute atomic E-state index is 4.65. The largest absolute Gasteiger partial charge is 0.309 e. The fourth-order valence-electron chi connectivity index (χ4n) is 3.05. The summed E-state index contributed by atoms with van der Waals surface area (Å²) in [5, 5.41) is 5.99. The molecule has 0 aromatic carbocycles. The Kier molecular flexibility index (Phi) is 4.54. The lowest BCUT2D eigenvalue weighted by Crippen LogP contribution is -2.27. The van der Waals surface area contributed by atoms with Gasteiger partial charge in [-0.15, -0.1) is 11.3 Å². The van der Waals surface area contributed by atoms with Crippen molar-refractivity contribution >= 4 is 27.3 Å². The average Bonchev–Trinajstić information content (AvgIpc) is 3.07. The van der Waals surface area contributed by atoms with E-state index in [0.29, 0.717) is 12.0 Å². The van der Waals surface area contributed by atoms with Crippen LogP contribution in [0.15, 0.2) is 33.6 Å². The number of fused-ring (bicyclic) bond motifs is 1. The lowest BCUT2D eigenvalue weighted by atomic mass is 9.92. The van der Waals surface area contributed by atoms with Gasteiger partial charge in [-0.05, 0) is 70.4 Å². The van der Waals surface area contributed by atoms with Crippen molar-refractivity contribution in [2.45, 2.75) is 38.1 Å². The number of aromatic nitrogens is 1. The first-order valence-electron chi connectivity index (χ1n) is 7.20. The highest BCUT2D eigenvalue weighted by molar-refractivity contribution is 9.11. The van der Waals surface area contributed by atoms with E-state index in [1.165, 1.54) is 27.0 Å². The molecule has 0 fully saturated rings. The molecule has 2 unspecified atom stereocenters. The third kappa shape index (κ3) is 2.83. The Hall–Kier alpha value is -0.710. The summed E-state index contributed by atoms with van der Waals surface area (Å²) in [5.74, 6) is 0.499. The van der Waals surface area contributed by atoms with Gasteiger partial charge >= 0.3 is 0 Å². The Bertz CT molecular complexity index is 581. The van der Waals surface area contributed by atoms with Gasteiger partial charge in [0.25, 0.3) is 0 Å². The predicted octanol–water partition coefficient (Wildman–Crippen LogP) is 4.68. The van der Waals surface area contributed by atoms with Crippen molar-refractivity contribution in [2.75, 3.05) is 6.54 Å². The van der Waals surface area contributed by atoms with Gasteiger partial charge in [0.05, 0.1) is 3.79 Å². The standard InChI is InChI=1S/C16H19BrN2S/c1-2-7-18-16(12-9-14(17)20-10-12)13-6-5-11-4-3-8-19-15(11)13/h3-4,8-10,13,16,18H,2,5-7H2,1H3. The summed E-state index contributed by atoms with van der Waals surface area (Å²) < 4.78 is 1.20. The molecule has 2 heterocycles. The number of thiophene rings is 1. The molecule has 0 aliphatic heterocycles. The molecule has 0 amide bonds. The zero-order chi connectivity index (χ0) is 13.9. The number of hydrogen-bond donors (Lipinski definition) is 1. The molecule has 0 saturated heterocycles. The monoisotopic (exact) mass is 350 g/mol. The maximum Gasteiger partial charge on any atom is 0.0701 e. The van der Waals surface area contributed by atoms with Crippen molar-refractivity contribution in [1.29, 1.82) is 0 Å². The minimum absolute atomic E-state index is 0.383. The van der Waals surface area contributed by atoms with Crippen LogP contribution in [0, 0.1) is 0 Å². The lowest BCUT2D eigenvalue weighted by molar-refractivity contribution is 0.438. The van der Waals surface area contributed by atoms with Gasteiger partial charge in [0, 0.05) is 23.9 Å². The second-order valence-electron chi connectivity index (χ2n) is 5.31. The van der Waals surface area contributed by atoms with Crippen LogP contribution in [-0.4, -0.2) is 11.5 Å². The van der Waals surface area contributed by atoms with Gasteiger partial charge < -0.3 is 5.32 Å². The average molecular weight is 351 g/mol. The molecule has 4 heteroatoms. The fourth-order valence-corrected chi connectivity index (χ4v) is 4.26. The van der Waals surface area contributed by atoms with Crippen LogP contribution < -0.4 is 5.32 Å². The lowest BCUT2D eigenvalue weighted by Gasteiger charge is -2.24. The summed E-state index contributed by atoms with van der Waals surface area (Å²) in [5.41, 5.74) is 4.11. The molecule has 0 saturated carbocycles. The zero-order valence-corrected chi connectivity index (χ0v) is 14.0. The summed E-state index contributed by atoms with van der Waals surface area (Å²) in [6.07, 6.45) is 5.44. The zero-order valence-electron chi connectivity index (χ0n) is 11.6. The summed E-state index contributed by atoms with van der Waals surface area (Å²) in [4.78, 5) is 4.65. The van der Waals surface area contributed by atoms with Crippen molar-refractivity contribution < 1.29 is 0 Å². The van der Waals surface area contributed by atoms with Crippen LogP contribution in [0.4, 0.5) is 0 Å². The minimum atomic E-state index is 0.383. The number of aryl methyl sites for hydroxylation is 1. The topological polar surface area (TPSA) is 24.9 Å². The molecule has 1 aliphatic rings. The first-order chi connectivity index (χ1) is 9.79. The molecule has 0 spiro atoms. The van der Waals surface area contributed by atoms with Crippen molar-refractivity contribution in [3.63, 3.8) is 0 Å². The highest BCUT2D eigenvalue weighted by Crippen LogP contribution is 2.41. The smallest absolute Gasteiger partial charge is 0.0701 e. The fraction of sp³-hybridized carbons (Fsp3) is 0.438. The Labute approximate surface area is 132 Å². The molecule has 1 aliphatic carbocycles. The number of hydrogen-bond acceptors (Lipinski definition) is 3. The van der Waals surface area contributed by atoms with E-state index in [1.807, 2.05) is 6.20 Å². The summed E-state index contributed by atoms with van der Waals surface area (Å²) in [6.45, 7) is 3.27. The van der Waals surface area contributed by atoms with Gasteiger partial charge in [-0.3, -0.25) is 4.98 Å². The van der Waals surface area contributed by atoms with Gasteiger partial charge in [-0.2, -0.15) is 0 Å². The quantitative estimate of drug-likeness (QED) is 0.846. The molecule has 3 rings (SSSR count). The van der Waals surface area contributed by atoms with Crippen molar-refractivity contribution in [2.24, 2.45) is 0 Å². The number of halogens is 1. The summed E-state index contributed by atoms with van der Waals surface area (Å²) >= 11 is 5.35. The van der Waals surface area contributed by atoms with E-state index >= 15 is 0 Å². The molecule has 106 valence electrons. The van der Waals surface area contributed by atoms with E-state index in [2.05, 4.69) is 56.7 Å². The molecule has 2 aromatic rings. The Morgan fingerprint density at radius 2 is 2.45 bits per heavy atom. The van der Waals surface area contributed by atoms with Gasteiger partial charge in [-0.25, -0.2) is 0 Å². The highest BCUT2D eigenvalue weighted by atomic mass is 79.9. The maximum atomic E-state index is 4.65. The Morgan fingerprint density at radius 3 is 3.20 bits per heavy atom. The van der Waals surface area contributed by atoms with Gasteiger partial charge in [0.1, 0.15) is 0 Å². The minimum Gasteiger partial charge on any atom is -0.309 e. The molecule has 20 heavy (non-hydrogen) atoms.